The fourth-order valence-electron chi connectivity index (χ4n) is 2.42. The van der Waals surface area contributed by atoms with E-state index in [0.717, 1.165) is 21.3 Å². The van der Waals surface area contributed by atoms with Crippen LogP contribution < -0.4 is 5.32 Å². The van der Waals surface area contributed by atoms with Crippen LogP contribution >= 0.6 is 15.9 Å². The summed E-state index contributed by atoms with van der Waals surface area (Å²) < 4.78 is 6.23. The summed E-state index contributed by atoms with van der Waals surface area (Å²) in [6.07, 6.45) is 3.36. The van der Waals surface area contributed by atoms with Gasteiger partial charge in [-0.1, -0.05) is 21.1 Å². The molecule has 3 aromatic rings. The van der Waals surface area contributed by atoms with Crippen molar-refractivity contribution >= 4 is 27.5 Å². The second-order valence-corrected chi connectivity index (χ2v) is 6.85. The molecule has 0 fully saturated rings. The second kappa shape index (κ2) is 8.20. The first-order chi connectivity index (χ1) is 12.5. The average molecular weight is 416 g/mol. The minimum Gasteiger partial charge on any atom is -0.338 e. The zero-order valence-corrected chi connectivity index (χ0v) is 16.0. The maximum atomic E-state index is 12.2. The highest BCUT2D eigenvalue weighted by Gasteiger charge is 2.13. The van der Waals surface area contributed by atoms with Crippen molar-refractivity contribution in [2.24, 2.45) is 0 Å². The molecule has 0 bridgehead atoms. The molecule has 0 aliphatic rings. The van der Waals surface area contributed by atoms with Crippen LogP contribution in [0.4, 0.5) is 5.69 Å². The molecule has 1 N–H and O–H groups in total. The third-order valence-corrected chi connectivity index (χ3v) is 4.16. The summed E-state index contributed by atoms with van der Waals surface area (Å²) in [4.78, 5) is 22.4. The van der Waals surface area contributed by atoms with Gasteiger partial charge in [-0.05, 0) is 49.9 Å². The normalized spacial score (nSPS) is 10.9. The largest absolute Gasteiger partial charge is 0.338 e. The predicted octanol–water partition coefficient (Wildman–Crippen LogP) is 3.27. The Hall–Kier alpha value is -2.58. The molecule has 0 saturated carbocycles. The fraction of sp³-hybridized carbons (Fsp3) is 0.222. The van der Waals surface area contributed by atoms with Gasteiger partial charge in [-0.3, -0.25) is 14.7 Å². The predicted molar refractivity (Wildman–Crippen MR) is 101 cm³/mol. The van der Waals surface area contributed by atoms with Gasteiger partial charge in [0.25, 0.3) is 0 Å². The number of halogens is 1. The van der Waals surface area contributed by atoms with E-state index in [1.165, 1.54) is 0 Å². The molecule has 2 heterocycles. The van der Waals surface area contributed by atoms with Crippen LogP contribution in [-0.2, 0) is 11.3 Å². The molecule has 26 heavy (non-hydrogen) atoms. The molecular weight excluding hydrogens is 398 g/mol. The van der Waals surface area contributed by atoms with Crippen LogP contribution in [0.1, 0.15) is 11.5 Å². The molecule has 134 valence electrons. The number of rotatable bonds is 6. The van der Waals surface area contributed by atoms with Gasteiger partial charge in [-0.25, -0.2) is 0 Å². The van der Waals surface area contributed by atoms with Gasteiger partial charge in [0.05, 0.1) is 13.1 Å². The number of hydrogen-bond donors (Lipinski definition) is 1. The summed E-state index contributed by atoms with van der Waals surface area (Å²) in [6, 6.07) is 9.39. The number of pyridine rings is 1. The summed E-state index contributed by atoms with van der Waals surface area (Å²) in [5, 5.41) is 6.86. The molecule has 1 amide bonds. The zero-order valence-electron chi connectivity index (χ0n) is 14.4. The van der Waals surface area contributed by atoms with E-state index >= 15 is 0 Å². The van der Waals surface area contributed by atoms with Crippen LogP contribution in [0.2, 0.25) is 0 Å². The number of carbonyl (C=O) groups is 1. The molecule has 0 aliphatic heterocycles. The lowest BCUT2D eigenvalue weighted by Gasteiger charge is -2.15. The standard InChI is InChI=1S/C18H18BrN5O2/c1-12-8-14(19)5-6-15(12)21-16(25)10-24(2)11-17-22-18(23-26-17)13-4-3-7-20-9-13/h3-9H,10-11H2,1-2H3,(H,21,25). The van der Waals surface area contributed by atoms with Crippen LogP contribution in [0, 0.1) is 6.92 Å². The Labute approximate surface area is 159 Å². The SMILES string of the molecule is Cc1cc(Br)ccc1NC(=O)CN(C)Cc1nc(-c2cccnc2)no1. The molecule has 2 aromatic heterocycles. The number of amides is 1. The van der Waals surface area contributed by atoms with E-state index in [0.29, 0.717) is 18.3 Å². The highest BCUT2D eigenvalue weighted by atomic mass is 79.9. The maximum absolute atomic E-state index is 12.2. The molecule has 7 nitrogen and oxygen atoms in total. The van der Waals surface area contributed by atoms with Gasteiger partial charge >= 0.3 is 0 Å². The molecule has 0 saturated heterocycles. The molecule has 0 aliphatic carbocycles. The van der Waals surface area contributed by atoms with Crippen molar-refractivity contribution in [3.05, 3.63) is 58.7 Å². The van der Waals surface area contributed by atoms with Crippen molar-refractivity contribution in [1.82, 2.24) is 20.0 Å². The third-order valence-electron chi connectivity index (χ3n) is 3.67. The number of likely N-dealkylation sites (N-methyl/N-ethyl adjacent to an activating group) is 1. The maximum Gasteiger partial charge on any atom is 0.241 e. The van der Waals surface area contributed by atoms with E-state index in [1.807, 2.05) is 49.2 Å². The van der Waals surface area contributed by atoms with Gasteiger partial charge in [0.1, 0.15) is 0 Å². The van der Waals surface area contributed by atoms with Gasteiger partial charge in [-0.2, -0.15) is 4.98 Å². The molecule has 0 spiro atoms. The Morgan fingerprint density at radius 2 is 2.19 bits per heavy atom. The van der Waals surface area contributed by atoms with Crippen LogP contribution in [0.3, 0.4) is 0 Å². The monoisotopic (exact) mass is 415 g/mol. The smallest absolute Gasteiger partial charge is 0.241 e. The van der Waals surface area contributed by atoms with Crippen molar-refractivity contribution in [2.45, 2.75) is 13.5 Å². The Kier molecular flexibility index (Phi) is 5.75. The average Bonchev–Trinajstić information content (AvgIpc) is 3.06. The Morgan fingerprint density at radius 1 is 1.35 bits per heavy atom. The van der Waals surface area contributed by atoms with Crippen LogP contribution in [0.15, 0.2) is 51.7 Å². The number of aryl methyl sites for hydroxylation is 1. The van der Waals surface area contributed by atoms with Gasteiger partial charge in [0.15, 0.2) is 0 Å². The fourth-order valence-corrected chi connectivity index (χ4v) is 2.90. The van der Waals surface area contributed by atoms with Gasteiger partial charge in [0.2, 0.25) is 17.6 Å². The summed E-state index contributed by atoms with van der Waals surface area (Å²) in [5.74, 6) is 0.820. The first kappa shape index (κ1) is 18.2. The lowest BCUT2D eigenvalue weighted by molar-refractivity contribution is -0.117. The Balaban J connectivity index is 1.56. The molecule has 0 atom stereocenters. The van der Waals surface area contributed by atoms with Crippen molar-refractivity contribution in [1.29, 1.82) is 0 Å². The lowest BCUT2D eigenvalue weighted by atomic mass is 10.2. The molecule has 8 heteroatoms. The highest BCUT2D eigenvalue weighted by molar-refractivity contribution is 9.10. The quantitative estimate of drug-likeness (QED) is 0.664. The van der Waals surface area contributed by atoms with Gasteiger partial charge in [-0.15, -0.1) is 0 Å². The van der Waals surface area contributed by atoms with Crippen LogP contribution in [-0.4, -0.2) is 39.5 Å². The third kappa shape index (κ3) is 4.74. The van der Waals surface area contributed by atoms with Gasteiger partial charge in [0, 0.05) is 28.1 Å². The number of nitrogens with zero attached hydrogens (tertiary/aromatic N) is 4. The van der Waals surface area contributed by atoms with E-state index in [1.54, 1.807) is 12.4 Å². The first-order valence-electron chi connectivity index (χ1n) is 7.99. The molecule has 3 rings (SSSR count). The Bertz CT molecular complexity index is 898. The van der Waals surface area contributed by atoms with Gasteiger partial charge < -0.3 is 9.84 Å². The summed E-state index contributed by atoms with van der Waals surface area (Å²) in [5.41, 5.74) is 2.57. The van der Waals surface area contributed by atoms with E-state index in [2.05, 4.69) is 36.4 Å². The molecular formula is C18H18BrN5O2. The summed E-state index contributed by atoms with van der Waals surface area (Å²) >= 11 is 3.41. The van der Waals surface area contributed by atoms with Crippen LogP contribution in [0.25, 0.3) is 11.4 Å². The minimum atomic E-state index is -0.107. The van der Waals surface area contributed by atoms with E-state index < -0.39 is 0 Å². The highest BCUT2D eigenvalue weighted by Crippen LogP contribution is 2.20. The van der Waals surface area contributed by atoms with Crippen molar-refractivity contribution < 1.29 is 9.32 Å². The number of hydrogen-bond acceptors (Lipinski definition) is 6. The van der Waals surface area contributed by atoms with E-state index in [-0.39, 0.29) is 12.5 Å². The van der Waals surface area contributed by atoms with E-state index in [4.69, 9.17) is 4.52 Å². The molecule has 1 aromatic carbocycles. The zero-order chi connectivity index (χ0) is 18.5. The van der Waals surface area contributed by atoms with E-state index in [9.17, 15) is 4.79 Å². The number of benzene rings is 1. The number of carbonyl (C=O) groups excluding carboxylic acids is 1. The topological polar surface area (TPSA) is 84.2 Å². The van der Waals surface area contributed by atoms with Crippen molar-refractivity contribution in [3.8, 4) is 11.4 Å². The van der Waals surface area contributed by atoms with Crippen molar-refractivity contribution in [2.75, 3.05) is 18.9 Å². The lowest BCUT2D eigenvalue weighted by Crippen LogP contribution is -2.30. The first-order valence-corrected chi connectivity index (χ1v) is 8.78. The van der Waals surface area contributed by atoms with Crippen LogP contribution in [0.5, 0.6) is 0 Å². The molecule has 0 unspecified atom stereocenters. The number of nitrogens with one attached hydrogen (secondary N) is 1. The Morgan fingerprint density at radius 3 is 2.92 bits per heavy atom. The summed E-state index contributed by atoms with van der Waals surface area (Å²) in [6.45, 7) is 2.53. The second-order valence-electron chi connectivity index (χ2n) is 5.93. The van der Waals surface area contributed by atoms with Crippen molar-refractivity contribution in [3.63, 3.8) is 0 Å². The number of anilines is 1. The minimum absolute atomic E-state index is 0.107. The number of aromatic nitrogens is 3. The summed E-state index contributed by atoms with van der Waals surface area (Å²) in [7, 11) is 1.82. The molecule has 0 radical (unpaired) electrons.